The molecule has 2 aliphatic rings. The first-order valence-corrected chi connectivity index (χ1v) is 9.21. The third kappa shape index (κ3) is 4.70. The first-order valence-electron chi connectivity index (χ1n) is 9.21. The predicted octanol–water partition coefficient (Wildman–Crippen LogP) is 1.26. The molecule has 2 fully saturated rings. The van der Waals surface area contributed by atoms with Crippen LogP contribution in [0.1, 0.15) is 12.8 Å². The van der Waals surface area contributed by atoms with Gasteiger partial charge >= 0.3 is 0 Å². The van der Waals surface area contributed by atoms with Crippen molar-refractivity contribution >= 4 is 17.3 Å². The maximum atomic E-state index is 12.4. The van der Waals surface area contributed by atoms with Gasteiger partial charge in [0, 0.05) is 51.3 Å². The number of nitro groups is 1. The van der Waals surface area contributed by atoms with E-state index in [9.17, 15) is 14.9 Å². The molecule has 0 aliphatic carbocycles. The molecule has 0 spiro atoms. The number of ether oxygens (including phenoxy) is 1. The fraction of sp³-hybridized carbons (Fsp3) is 0.611. The molecule has 0 aromatic heterocycles. The molecule has 1 aromatic carbocycles. The van der Waals surface area contributed by atoms with E-state index in [-0.39, 0.29) is 22.4 Å². The molecular weight excluding hydrogens is 336 g/mol. The van der Waals surface area contributed by atoms with Gasteiger partial charge in [-0.2, -0.15) is 0 Å². The maximum absolute atomic E-state index is 12.4. The summed E-state index contributed by atoms with van der Waals surface area (Å²) in [5, 5.41) is 14.2. The van der Waals surface area contributed by atoms with Crippen LogP contribution in [0.25, 0.3) is 0 Å². The van der Waals surface area contributed by atoms with Crippen LogP contribution in [0, 0.1) is 16.0 Å². The van der Waals surface area contributed by atoms with Crippen LogP contribution < -0.4 is 10.2 Å². The Morgan fingerprint density at radius 2 is 1.88 bits per heavy atom. The molecule has 0 unspecified atom stereocenters. The normalized spacial score (nSPS) is 19.3. The van der Waals surface area contributed by atoms with Crippen molar-refractivity contribution in [1.29, 1.82) is 0 Å². The lowest BCUT2D eigenvalue weighted by molar-refractivity contribution is -0.384. The van der Waals surface area contributed by atoms with Crippen molar-refractivity contribution in [2.24, 2.45) is 5.92 Å². The number of hydrogen-bond donors (Lipinski definition) is 1. The zero-order valence-electron chi connectivity index (χ0n) is 14.9. The minimum Gasteiger partial charge on any atom is -0.379 e. The Labute approximate surface area is 153 Å². The van der Waals surface area contributed by atoms with Gasteiger partial charge in [0.2, 0.25) is 5.91 Å². The van der Waals surface area contributed by atoms with Gasteiger partial charge in [0.15, 0.2) is 0 Å². The highest BCUT2D eigenvalue weighted by Gasteiger charge is 2.28. The van der Waals surface area contributed by atoms with Gasteiger partial charge in [-0.25, -0.2) is 0 Å². The fourth-order valence-electron chi connectivity index (χ4n) is 3.57. The van der Waals surface area contributed by atoms with E-state index in [0.29, 0.717) is 25.3 Å². The van der Waals surface area contributed by atoms with Crippen molar-refractivity contribution in [3.8, 4) is 0 Å². The lowest BCUT2D eigenvalue weighted by atomic mass is 9.95. The van der Waals surface area contributed by atoms with E-state index in [2.05, 4.69) is 10.2 Å². The Hall–Kier alpha value is -2.19. The minimum absolute atomic E-state index is 0.0151. The molecule has 3 rings (SSSR count). The van der Waals surface area contributed by atoms with E-state index in [0.717, 1.165) is 45.7 Å². The van der Waals surface area contributed by atoms with Gasteiger partial charge in [-0.05, 0) is 18.9 Å². The van der Waals surface area contributed by atoms with Crippen LogP contribution in [0.5, 0.6) is 0 Å². The summed E-state index contributed by atoms with van der Waals surface area (Å²) >= 11 is 0. The second kappa shape index (κ2) is 8.95. The summed E-state index contributed by atoms with van der Waals surface area (Å²) < 4.78 is 5.32. The van der Waals surface area contributed by atoms with Crippen molar-refractivity contribution in [2.75, 3.05) is 57.4 Å². The third-order valence-electron chi connectivity index (χ3n) is 5.12. The lowest BCUT2D eigenvalue weighted by Gasteiger charge is -2.33. The molecule has 0 radical (unpaired) electrons. The second-order valence-corrected chi connectivity index (χ2v) is 6.75. The molecule has 0 bridgehead atoms. The number of piperidine rings is 1. The summed E-state index contributed by atoms with van der Waals surface area (Å²) in [5.41, 5.74) is 0.768. The first kappa shape index (κ1) is 18.6. The van der Waals surface area contributed by atoms with E-state index in [1.807, 2.05) is 11.0 Å². The number of nitro benzene ring substituents is 1. The van der Waals surface area contributed by atoms with Crippen LogP contribution in [-0.2, 0) is 9.53 Å². The summed E-state index contributed by atoms with van der Waals surface area (Å²) in [6.45, 7) is 6.19. The van der Waals surface area contributed by atoms with Gasteiger partial charge in [-0.3, -0.25) is 19.8 Å². The number of para-hydroxylation sites is 2. The Balaban J connectivity index is 1.44. The summed E-state index contributed by atoms with van der Waals surface area (Å²) in [6, 6.07) is 6.80. The van der Waals surface area contributed by atoms with E-state index in [4.69, 9.17) is 4.74 Å². The molecule has 0 saturated carbocycles. The highest BCUT2D eigenvalue weighted by Crippen LogP contribution is 2.31. The highest BCUT2D eigenvalue weighted by molar-refractivity contribution is 5.79. The highest BCUT2D eigenvalue weighted by atomic mass is 16.6. The monoisotopic (exact) mass is 362 g/mol. The topological polar surface area (TPSA) is 88.0 Å². The van der Waals surface area contributed by atoms with E-state index < -0.39 is 0 Å². The van der Waals surface area contributed by atoms with Gasteiger partial charge in [0.25, 0.3) is 5.69 Å². The number of nitrogens with one attached hydrogen (secondary N) is 1. The number of morpholine rings is 1. The standard InChI is InChI=1S/C18H26N4O4/c23-18(19-7-10-20-11-13-26-14-12-20)15-5-8-21(9-6-15)16-3-1-2-4-17(16)22(24)25/h1-4,15H,5-14H2,(H,19,23). The molecule has 26 heavy (non-hydrogen) atoms. The predicted molar refractivity (Wildman–Crippen MR) is 98.3 cm³/mol. The number of carbonyl (C=O) groups excluding carboxylic acids is 1. The summed E-state index contributed by atoms with van der Waals surface area (Å²) in [4.78, 5) is 27.5. The molecule has 2 aliphatic heterocycles. The molecule has 0 atom stereocenters. The smallest absolute Gasteiger partial charge is 0.292 e. The largest absolute Gasteiger partial charge is 0.379 e. The number of rotatable bonds is 6. The molecule has 1 N–H and O–H groups in total. The summed E-state index contributed by atoms with van der Waals surface area (Å²) in [7, 11) is 0. The summed E-state index contributed by atoms with van der Waals surface area (Å²) in [5.74, 6) is 0.0826. The Morgan fingerprint density at radius 1 is 1.19 bits per heavy atom. The minimum atomic E-state index is -0.347. The molecule has 1 aromatic rings. The maximum Gasteiger partial charge on any atom is 0.292 e. The molecule has 8 nitrogen and oxygen atoms in total. The van der Waals surface area contributed by atoms with Gasteiger partial charge in [-0.1, -0.05) is 12.1 Å². The third-order valence-corrected chi connectivity index (χ3v) is 5.12. The Bertz CT molecular complexity index is 625. The molecule has 142 valence electrons. The first-order chi connectivity index (χ1) is 12.6. The van der Waals surface area contributed by atoms with Crippen LogP contribution in [0.2, 0.25) is 0 Å². The van der Waals surface area contributed by atoms with Crippen molar-refractivity contribution in [1.82, 2.24) is 10.2 Å². The SMILES string of the molecule is O=C(NCCN1CCOCC1)C1CCN(c2ccccc2[N+](=O)[O-])CC1. The average molecular weight is 362 g/mol. The van der Waals surface area contributed by atoms with Crippen LogP contribution >= 0.6 is 0 Å². The van der Waals surface area contributed by atoms with Gasteiger partial charge in [-0.15, -0.1) is 0 Å². The number of hydrogen-bond acceptors (Lipinski definition) is 6. The molecule has 2 heterocycles. The molecular formula is C18H26N4O4. The van der Waals surface area contributed by atoms with Crippen molar-refractivity contribution in [2.45, 2.75) is 12.8 Å². The second-order valence-electron chi connectivity index (χ2n) is 6.75. The van der Waals surface area contributed by atoms with E-state index in [1.54, 1.807) is 12.1 Å². The molecule has 8 heteroatoms. The quantitative estimate of drug-likeness (QED) is 0.605. The average Bonchev–Trinajstić information content (AvgIpc) is 2.69. The Kier molecular flexibility index (Phi) is 6.40. The van der Waals surface area contributed by atoms with E-state index >= 15 is 0 Å². The number of benzene rings is 1. The summed E-state index contributed by atoms with van der Waals surface area (Å²) in [6.07, 6.45) is 1.44. The van der Waals surface area contributed by atoms with Crippen molar-refractivity contribution in [3.05, 3.63) is 34.4 Å². The fourth-order valence-corrected chi connectivity index (χ4v) is 3.57. The van der Waals surface area contributed by atoms with Crippen LogP contribution in [-0.4, -0.2) is 68.2 Å². The van der Waals surface area contributed by atoms with Gasteiger partial charge in [0.1, 0.15) is 5.69 Å². The Morgan fingerprint density at radius 3 is 2.58 bits per heavy atom. The molecule has 1 amide bonds. The van der Waals surface area contributed by atoms with Crippen molar-refractivity contribution < 1.29 is 14.5 Å². The number of anilines is 1. The van der Waals surface area contributed by atoms with Crippen LogP contribution in [0.3, 0.4) is 0 Å². The number of amides is 1. The zero-order chi connectivity index (χ0) is 18.4. The number of nitrogens with zero attached hydrogens (tertiary/aromatic N) is 3. The van der Waals surface area contributed by atoms with Crippen LogP contribution in [0.15, 0.2) is 24.3 Å². The van der Waals surface area contributed by atoms with E-state index in [1.165, 1.54) is 6.07 Å². The van der Waals surface area contributed by atoms with Gasteiger partial charge in [0.05, 0.1) is 18.1 Å². The lowest BCUT2D eigenvalue weighted by Crippen LogP contribution is -2.44. The van der Waals surface area contributed by atoms with Crippen molar-refractivity contribution in [3.63, 3.8) is 0 Å². The van der Waals surface area contributed by atoms with Gasteiger partial charge < -0.3 is 15.0 Å². The zero-order valence-corrected chi connectivity index (χ0v) is 14.9. The molecule has 2 saturated heterocycles. The van der Waals surface area contributed by atoms with Crippen LogP contribution in [0.4, 0.5) is 11.4 Å². The number of carbonyl (C=O) groups is 1.